The van der Waals surface area contributed by atoms with Gasteiger partial charge in [-0.2, -0.15) is 0 Å². The van der Waals surface area contributed by atoms with Crippen molar-refractivity contribution in [2.24, 2.45) is 0 Å². The molecule has 19 heavy (non-hydrogen) atoms. The molecular weight excluding hydrogens is 287 g/mol. The third kappa shape index (κ3) is 1.97. The summed E-state index contributed by atoms with van der Waals surface area (Å²) in [5.41, 5.74) is 8.09. The second-order valence-electron chi connectivity index (χ2n) is 3.95. The van der Waals surface area contributed by atoms with Crippen LogP contribution in [0.2, 0.25) is 10.0 Å². The Bertz CT molecular complexity index is 785. The summed E-state index contributed by atoms with van der Waals surface area (Å²) >= 11 is 11.9. The topological polar surface area (TPSA) is 87.8 Å². The standard InChI is InChI=1S/C12H8Cl2N4O/c13-6-4-7(14)9(19)3-5(6)10-11-8(1-2-16-11)17-12(15)18-10/h1-4,16,19H,(H2,15,17,18). The zero-order valence-corrected chi connectivity index (χ0v) is 11.0. The molecule has 0 saturated heterocycles. The van der Waals surface area contributed by atoms with Gasteiger partial charge in [-0.15, -0.1) is 0 Å². The number of hydrogen-bond donors (Lipinski definition) is 3. The van der Waals surface area contributed by atoms with Gasteiger partial charge in [0.1, 0.15) is 11.4 Å². The van der Waals surface area contributed by atoms with Crippen LogP contribution in [0.1, 0.15) is 0 Å². The maximum Gasteiger partial charge on any atom is 0.221 e. The van der Waals surface area contributed by atoms with Crippen molar-refractivity contribution in [3.8, 4) is 17.0 Å². The Balaban J connectivity index is 2.35. The number of aromatic hydroxyl groups is 1. The van der Waals surface area contributed by atoms with E-state index in [2.05, 4.69) is 15.0 Å². The van der Waals surface area contributed by atoms with Gasteiger partial charge in [-0.05, 0) is 18.2 Å². The summed E-state index contributed by atoms with van der Waals surface area (Å²) in [6.45, 7) is 0. The van der Waals surface area contributed by atoms with Gasteiger partial charge in [0, 0.05) is 11.8 Å². The molecule has 0 unspecified atom stereocenters. The van der Waals surface area contributed by atoms with Crippen LogP contribution in [0.5, 0.6) is 5.75 Å². The minimum Gasteiger partial charge on any atom is -0.506 e. The highest BCUT2D eigenvalue weighted by atomic mass is 35.5. The molecule has 0 bridgehead atoms. The number of phenols is 1. The molecule has 4 N–H and O–H groups in total. The fourth-order valence-corrected chi connectivity index (χ4v) is 2.35. The van der Waals surface area contributed by atoms with E-state index in [4.69, 9.17) is 28.9 Å². The molecule has 5 nitrogen and oxygen atoms in total. The van der Waals surface area contributed by atoms with Crippen LogP contribution in [0, 0.1) is 0 Å². The number of halogens is 2. The average Bonchev–Trinajstić information content (AvgIpc) is 2.80. The van der Waals surface area contributed by atoms with Crippen molar-refractivity contribution in [3.63, 3.8) is 0 Å². The summed E-state index contributed by atoms with van der Waals surface area (Å²) in [6, 6.07) is 4.69. The molecule has 0 amide bonds. The number of nitrogens with two attached hydrogens (primary N) is 1. The normalized spacial score (nSPS) is 11.1. The molecule has 0 spiro atoms. The molecule has 7 heteroatoms. The van der Waals surface area contributed by atoms with Gasteiger partial charge in [0.05, 0.1) is 21.1 Å². The van der Waals surface area contributed by atoms with E-state index in [-0.39, 0.29) is 16.7 Å². The molecule has 2 aromatic heterocycles. The molecule has 3 rings (SSSR count). The van der Waals surface area contributed by atoms with E-state index in [0.717, 1.165) is 0 Å². The Kier molecular flexibility index (Phi) is 2.73. The molecule has 0 atom stereocenters. The zero-order chi connectivity index (χ0) is 13.6. The summed E-state index contributed by atoms with van der Waals surface area (Å²) in [5, 5.41) is 10.3. The molecule has 0 radical (unpaired) electrons. The van der Waals surface area contributed by atoms with E-state index in [1.807, 2.05) is 0 Å². The van der Waals surface area contributed by atoms with Gasteiger partial charge < -0.3 is 15.8 Å². The molecule has 3 aromatic rings. The van der Waals surface area contributed by atoms with Crippen molar-refractivity contribution in [3.05, 3.63) is 34.4 Å². The van der Waals surface area contributed by atoms with Crippen LogP contribution >= 0.6 is 23.2 Å². The second-order valence-corrected chi connectivity index (χ2v) is 4.77. The van der Waals surface area contributed by atoms with Crippen LogP contribution in [0.4, 0.5) is 5.95 Å². The number of nitrogens with one attached hydrogen (secondary N) is 1. The maximum absolute atomic E-state index is 9.70. The SMILES string of the molecule is Nc1nc(-c2cc(O)c(Cl)cc2Cl)c2[nH]ccc2n1. The lowest BCUT2D eigenvalue weighted by molar-refractivity contribution is 0.476. The van der Waals surface area contributed by atoms with Gasteiger partial charge in [0.15, 0.2) is 0 Å². The summed E-state index contributed by atoms with van der Waals surface area (Å²) < 4.78 is 0. The van der Waals surface area contributed by atoms with E-state index in [1.165, 1.54) is 12.1 Å². The molecule has 0 saturated carbocycles. The minimum atomic E-state index is -0.0713. The molecule has 2 heterocycles. The number of phenolic OH excluding ortho intramolecular Hbond substituents is 1. The number of nitrogens with zero attached hydrogens (tertiary/aromatic N) is 2. The van der Waals surface area contributed by atoms with Crippen molar-refractivity contribution in [1.82, 2.24) is 15.0 Å². The first-order valence-corrected chi connectivity index (χ1v) is 6.11. The predicted molar refractivity (Wildman–Crippen MR) is 75.4 cm³/mol. The fraction of sp³-hybridized carbons (Fsp3) is 0. The smallest absolute Gasteiger partial charge is 0.221 e. The lowest BCUT2D eigenvalue weighted by atomic mass is 10.1. The first kappa shape index (κ1) is 12.1. The molecule has 0 aliphatic rings. The predicted octanol–water partition coefficient (Wildman–Crippen LogP) is 3.22. The van der Waals surface area contributed by atoms with Gasteiger partial charge in [0.25, 0.3) is 0 Å². The number of rotatable bonds is 1. The monoisotopic (exact) mass is 294 g/mol. The number of aromatic amines is 1. The molecule has 1 aromatic carbocycles. The summed E-state index contributed by atoms with van der Waals surface area (Å²) in [7, 11) is 0. The lowest BCUT2D eigenvalue weighted by Gasteiger charge is -2.08. The van der Waals surface area contributed by atoms with Crippen LogP contribution < -0.4 is 5.73 Å². The lowest BCUT2D eigenvalue weighted by Crippen LogP contribution is -1.97. The molecule has 96 valence electrons. The van der Waals surface area contributed by atoms with Crippen LogP contribution in [0.25, 0.3) is 22.3 Å². The Morgan fingerprint density at radius 3 is 2.74 bits per heavy atom. The quantitative estimate of drug-likeness (QED) is 0.643. The van der Waals surface area contributed by atoms with Crippen LogP contribution in [-0.2, 0) is 0 Å². The number of anilines is 1. The second kappa shape index (κ2) is 4.29. The van der Waals surface area contributed by atoms with Gasteiger partial charge >= 0.3 is 0 Å². The van der Waals surface area contributed by atoms with Crippen molar-refractivity contribution >= 4 is 40.2 Å². The van der Waals surface area contributed by atoms with E-state index >= 15 is 0 Å². The van der Waals surface area contributed by atoms with Crippen molar-refractivity contribution in [2.75, 3.05) is 5.73 Å². The molecular formula is C12H8Cl2N4O. The van der Waals surface area contributed by atoms with E-state index in [9.17, 15) is 5.11 Å². The average molecular weight is 295 g/mol. The third-order valence-electron chi connectivity index (χ3n) is 2.71. The fourth-order valence-electron chi connectivity index (χ4n) is 1.88. The van der Waals surface area contributed by atoms with Gasteiger partial charge in [-0.25, -0.2) is 9.97 Å². The summed E-state index contributed by atoms with van der Waals surface area (Å²) in [4.78, 5) is 11.3. The number of H-pyrrole nitrogens is 1. The van der Waals surface area contributed by atoms with Crippen molar-refractivity contribution < 1.29 is 5.11 Å². The highest BCUT2D eigenvalue weighted by Gasteiger charge is 2.15. The van der Waals surface area contributed by atoms with Crippen molar-refractivity contribution in [1.29, 1.82) is 0 Å². The van der Waals surface area contributed by atoms with E-state index in [0.29, 0.717) is 27.3 Å². The van der Waals surface area contributed by atoms with Gasteiger partial charge in [-0.1, -0.05) is 23.2 Å². The van der Waals surface area contributed by atoms with Gasteiger partial charge in [0.2, 0.25) is 5.95 Å². The number of benzene rings is 1. The largest absolute Gasteiger partial charge is 0.506 e. The van der Waals surface area contributed by atoms with Crippen LogP contribution in [0.3, 0.4) is 0 Å². The molecule has 0 fully saturated rings. The third-order valence-corrected chi connectivity index (χ3v) is 3.33. The number of nitrogen functional groups attached to an aromatic ring is 1. The first-order chi connectivity index (χ1) is 9.06. The molecule has 0 aliphatic carbocycles. The Hall–Kier alpha value is -1.98. The maximum atomic E-state index is 9.70. The Labute approximate surface area is 118 Å². The van der Waals surface area contributed by atoms with Gasteiger partial charge in [-0.3, -0.25) is 0 Å². The van der Waals surface area contributed by atoms with Crippen LogP contribution in [-0.4, -0.2) is 20.1 Å². The number of hydrogen-bond acceptors (Lipinski definition) is 4. The summed E-state index contributed by atoms with van der Waals surface area (Å²) in [5.74, 6) is 0.0607. The van der Waals surface area contributed by atoms with Crippen molar-refractivity contribution in [2.45, 2.75) is 0 Å². The number of fused-ring (bicyclic) bond motifs is 1. The Morgan fingerprint density at radius 2 is 1.95 bits per heavy atom. The first-order valence-electron chi connectivity index (χ1n) is 5.35. The Morgan fingerprint density at radius 1 is 1.16 bits per heavy atom. The minimum absolute atomic E-state index is 0.0713. The highest BCUT2D eigenvalue weighted by Crippen LogP contribution is 2.37. The zero-order valence-electron chi connectivity index (χ0n) is 9.48. The van der Waals surface area contributed by atoms with Crippen LogP contribution in [0.15, 0.2) is 24.4 Å². The number of aromatic nitrogens is 3. The summed E-state index contributed by atoms with van der Waals surface area (Å²) in [6.07, 6.45) is 1.73. The highest BCUT2D eigenvalue weighted by molar-refractivity contribution is 6.37. The van der Waals surface area contributed by atoms with E-state index < -0.39 is 0 Å². The van der Waals surface area contributed by atoms with E-state index in [1.54, 1.807) is 12.3 Å². The molecule has 0 aliphatic heterocycles.